The van der Waals surface area contributed by atoms with Crippen LogP contribution in [0.1, 0.15) is 29.2 Å². The molecule has 16 heavy (non-hydrogen) atoms. The summed E-state index contributed by atoms with van der Waals surface area (Å²) >= 11 is 0. The molecule has 0 aliphatic heterocycles. The molecule has 0 radical (unpaired) electrons. The summed E-state index contributed by atoms with van der Waals surface area (Å²) in [5.74, 6) is 0.960. The van der Waals surface area contributed by atoms with E-state index in [9.17, 15) is 4.79 Å². The Kier molecular flexibility index (Phi) is 3.88. The van der Waals surface area contributed by atoms with E-state index in [4.69, 9.17) is 4.74 Å². The highest BCUT2D eigenvalue weighted by atomic mass is 16.5. The van der Waals surface area contributed by atoms with Gasteiger partial charge in [-0.2, -0.15) is 0 Å². The van der Waals surface area contributed by atoms with Gasteiger partial charge < -0.3 is 4.74 Å². The SMILES string of the molecule is COc1cc(C)c(/C=C/C(C)=O)c(C)c1C. The molecule has 0 spiro atoms. The fourth-order valence-corrected chi connectivity index (χ4v) is 1.73. The summed E-state index contributed by atoms with van der Waals surface area (Å²) in [6, 6.07) is 2.00. The number of ether oxygens (including phenoxy) is 1. The van der Waals surface area contributed by atoms with Crippen LogP contribution in [0, 0.1) is 20.8 Å². The van der Waals surface area contributed by atoms with Gasteiger partial charge in [0.05, 0.1) is 7.11 Å². The minimum absolute atomic E-state index is 0.0623. The number of aryl methyl sites for hydroxylation is 1. The molecule has 0 N–H and O–H groups in total. The Hall–Kier alpha value is -1.57. The minimum atomic E-state index is 0.0623. The van der Waals surface area contributed by atoms with Crippen LogP contribution >= 0.6 is 0 Å². The zero-order valence-corrected chi connectivity index (χ0v) is 10.5. The third-order valence-electron chi connectivity index (χ3n) is 2.81. The number of ketones is 1. The molecule has 1 aromatic rings. The molecular formula is C14H18O2. The lowest BCUT2D eigenvalue weighted by atomic mass is 9.97. The Bertz CT molecular complexity index is 443. The zero-order chi connectivity index (χ0) is 12.3. The fraction of sp³-hybridized carbons (Fsp3) is 0.357. The minimum Gasteiger partial charge on any atom is -0.496 e. The van der Waals surface area contributed by atoms with Gasteiger partial charge in [0.1, 0.15) is 5.75 Å². The Morgan fingerprint density at radius 1 is 1.25 bits per heavy atom. The number of rotatable bonds is 3. The smallest absolute Gasteiger partial charge is 0.152 e. The van der Waals surface area contributed by atoms with Gasteiger partial charge >= 0.3 is 0 Å². The first-order valence-corrected chi connectivity index (χ1v) is 5.30. The van der Waals surface area contributed by atoms with Crippen molar-refractivity contribution in [3.8, 4) is 5.75 Å². The molecule has 0 amide bonds. The van der Waals surface area contributed by atoms with Gasteiger partial charge in [-0.05, 0) is 62.1 Å². The maximum atomic E-state index is 10.9. The summed E-state index contributed by atoms with van der Waals surface area (Å²) in [4.78, 5) is 10.9. The summed E-state index contributed by atoms with van der Waals surface area (Å²) in [6.45, 7) is 7.65. The quantitative estimate of drug-likeness (QED) is 0.728. The lowest BCUT2D eigenvalue weighted by molar-refractivity contribution is -0.112. The van der Waals surface area contributed by atoms with E-state index in [1.54, 1.807) is 20.1 Å². The fourth-order valence-electron chi connectivity index (χ4n) is 1.73. The molecule has 1 rings (SSSR count). The first-order chi connectivity index (χ1) is 7.47. The van der Waals surface area contributed by atoms with Crippen molar-refractivity contribution in [2.24, 2.45) is 0 Å². The van der Waals surface area contributed by atoms with E-state index in [0.717, 1.165) is 28.0 Å². The van der Waals surface area contributed by atoms with E-state index in [1.807, 2.05) is 32.9 Å². The van der Waals surface area contributed by atoms with Gasteiger partial charge in [0, 0.05) is 0 Å². The lowest BCUT2D eigenvalue weighted by Crippen LogP contribution is -1.96. The van der Waals surface area contributed by atoms with E-state index in [0.29, 0.717) is 0 Å². The molecule has 2 heteroatoms. The second kappa shape index (κ2) is 4.97. The van der Waals surface area contributed by atoms with E-state index in [-0.39, 0.29) is 5.78 Å². The molecule has 1 aromatic carbocycles. The number of hydrogen-bond acceptors (Lipinski definition) is 2. The molecule has 0 aromatic heterocycles. The molecule has 2 nitrogen and oxygen atoms in total. The highest BCUT2D eigenvalue weighted by Gasteiger charge is 2.08. The Morgan fingerprint density at radius 2 is 1.88 bits per heavy atom. The van der Waals surface area contributed by atoms with Crippen molar-refractivity contribution in [3.63, 3.8) is 0 Å². The van der Waals surface area contributed by atoms with Gasteiger partial charge in [-0.3, -0.25) is 4.79 Å². The maximum Gasteiger partial charge on any atom is 0.152 e. The third kappa shape index (κ3) is 2.51. The molecule has 0 bridgehead atoms. The number of allylic oxidation sites excluding steroid dienone is 1. The molecule has 0 heterocycles. The van der Waals surface area contributed by atoms with Crippen LogP contribution in [-0.2, 0) is 4.79 Å². The van der Waals surface area contributed by atoms with Crippen LogP contribution < -0.4 is 4.74 Å². The summed E-state index contributed by atoms with van der Waals surface area (Å²) in [7, 11) is 1.67. The average Bonchev–Trinajstić information content (AvgIpc) is 2.22. The standard InChI is InChI=1S/C14H18O2/c1-9-8-14(16-5)12(4)11(3)13(9)7-6-10(2)15/h6-8H,1-5H3/b7-6+. The lowest BCUT2D eigenvalue weighted by Gasteiger charge is -2.13. The summed E-state index contributed by atoms with van der Waals surface area (Å²) in [6.07, 6.45) is 3.47. The van der Waals surface area contributed by atoms with Crippen molar-refractivity contribution in [3.05, 3.63) is 34.4 Å². The molecule has 0 aliphatic rings. The highest BCUT2D eigenvalue weighted by molar-refractivity contribution is 5.92. The van der Waals surface area contributed by atoms with Gasteiger partial charge in [0.2, 0.25) is 0 Å². The van der Waals surface area contributed by atoms with Crippen molar-refractivity contribution in [1.29, 1.82) is 0 Å². The molecule has 0 saturated heterocycles. The van der Waals surface area contributed by atoms with Crippen LogP contribution in [0.5, 0.6) is 5.75 Å². The van der Waals surface area contributed by atoms with Crippen molar-refractivity contribution in [1.82, 2.24) is 0 Å². The predicted molar refractivity (Wildman–Crippen MR) is 66.9 cm³/mol. The van der Waals surface area contributed by atoms with Gasteiger partial charge in [-0.1, -0.05) is 6.08 Å². The van der Waals surface area contributed by atoms with Crippen LogP contribution in [0.15, 0.2) is 12.1 Å². The van der Waals surface area contributed by atoms with Crippen molar-refractivity contribution in [2.45, 2.75) is 27.7 Å². The summed E-state index contributed by atoms with van der Waals surface area (Å²) < 4.78 is 5.30. The molecule has 0 aliphatic carbocycles. The second-order valence-corrected chi connectivity index (χ2v) is 4.00. The van der Waals surface area contributed by atoms with Crippen LogP contribution in [0.4, 0.5) is 0 Å². The van der Waals surface area contributed by atoms with Gasteiger partial charge in [0.15, 0.2) is 5.78 Å². The van der Waals surface area contributed by atoms with Gasteiger partial charge in [-0.15, -0.1) is 0 Å². The highest BCUT2D eigenvalue weighted by Crippen LogP contribution is 2.28. The molecular weight excluding hydrogens is 200 g/mol. The zero-order valence-electron chi connectivity index (χ0n) is 10.5. The number of benzene rings is 1. The molecule has 86 valence electrons. The normalized spacial score (nSPS) is 10.8. The Morgan fingerprint density at radius 3 is 2.38 bits per heavy atom. The molecule has 0 saturated carbocycles. The van der Waals surface area contributed by atoms with E-state index >= 15 is 0 Å². The van der Waals surface area contributed by atoms with E-state index < -0.39 is 0 Å². The molecule has 0 atom stereocenters. The Labute approximate surface area is 96.9 Å². The summed E-state index contributed by atoms with van der Waals surface area (Å²) in [5.41, 5.74) is 4.51. The van der Waals surface area contributed by atoms with Crippen molar-refractivity contribution < 1.29 is 9.53 Å². The van der Waals surface area contributed by atoms with Crippen LogP contribution in [0.3, 0.4) is 0 Å². The van der Waals surface area contributed by atoms with Gasteiger partial charge in [0.25, 0.3) is 0 Å². The van der Waals surface area contributed by atoms with Crippen LogP contribution in [0.25, 0.3) is 6.08 Å². The first kappa shape index (κ1) is 12.5. The predicted octanol–water partition coefficient (Wildman–Crippen LogP) is 3.22. The first-order valence-electron chi connectivity index (χ1n) is 5.30. The van der Waals surface area contributed by atoms with Gasteiger partial charge in [-0.25, -0.2) is 0 Å². The van der Waals surface area contributed by atoms with Crippen LogP contribution in [0.2, 0.25) is 0 Å². The monoisotopic (exact) mass is 218 g/mol. The molecule has 0 unspecified atom stereocenters. The van der Waals surface area contributed by atoms with E-state index in [2.05, 4.69) is 0 Å². The van der Waals surface area contributed by atoms with Crippen LogP contribution in [-0.4, -0.2) is 12.9 Å². The average molecular weight is 218 g/mol. The number of carbonyl (C=O) groups excluding carboxylic acids is 1. The third-order valence-corrected chi connectivity index (χ3v) is 2.81. The number of carbonyl (C=O) groups is 1. The summed E-state index contributed by atoms with van der Waals surface area (Å²) in [5, 5.41) is 0. The van der Waals surface area contributed by atoms with Crippen molar-refractivity contribution in [2.75, 3.05) is 7.11 Å². The number of methoxy groups -OCH3 is 1. The van der Waals surface area contributed by atoms with E-state index in [1.165, 1.54) is 0 Å². The maximum absolute atomic E-state index is 10.9. The molecule has 0 fully saturated rings. The Balaban J connectivity index is 3.30. The topological polar surface area (TPSA) is 26.3 Å². The second-order valence-electron chi connectivity index (χ2n) is 4.00. The largest absolute Gasteiger partial charge is 0.496 e. The van der Waals surface area contributed by atoms with Crippen molar-refractivity contribution >= 4 is 11.9 Å². The number of hydrogen-bond donors (Lipinski definition) is 0.